The van der Waals surface area contributed by atoms with Crippen molar-refractivity contribution in [1.29, 1.82) is 0 Å². The number of hydrogen-bond donors (Lipinski definition) is 1. The number of halogens is 1. The van der Waals surface area contributed by atoms with E-state index in [1.165, 1.54) is 6.26 Å². The molecule has 3 aromatic rings. The highest BCUT2D eigenvalue weighted by atomic mass is 35.5. The van der Waals surface area contributed by atoms with Crippen LogP contribution in [0, 0.1) is 0 Å². The van der Waals surface area contributed by atoms with Crippen LogP contribution >= 0.6 is 11.6 Å². The van der Waals surface area contributed by atoms with Gasteiger partial charge in [-0.25, -0.2) is 9.78 Å². The number of rotatable bonds is 5. The second-order valence-corrected chi connectivity index (χ2v) is 7.26. The van der Waals surface area contributed by atoms with Crippen molar-refractivity contribution in [3.63, 3.8) is 0 Å². The molecule has 3 amide bonds. The van der Waals surface area contributed by atoms with Crippen LogP contribution in [-0.2, 0) is 16.9 Å². The Labute approximate surface area is 172 Å². The van der Waals surface area contributed by atoms with Crippen molar-refractivity contribution in [2.75, 3.05) is 7.11 Å². The highest BCUT2D eigenvalue weighted by Gasteiger charge is 2.49. The van der Waals surface area contributed by atoms with Crippen LogP contribution in [0.15, 0.2) is 59.2 Å². The second kappa shape index (κ2) is 7.25. The summed E-state index contributed by atoms with van der Waals surface area (Å²) in [5.41, 5.74) is 0.728. The van der Waals surface area contributed by atoms with E-state index in [4.69, 9.17) is 20.8 Å². The fourth-order valence-corrected chi connectivity index (χ4v) is 3.35. The molecule has 1 unspecified atom stereocenters. The maximum absolute atomic E-state index is 13.0. The number of carbonyl (C=O) groups is 2. The second-order valence-electron chi connectivity index (χ2n) is 6.83. The predicted octanol–water partition coefficient (Wildman–Crippen LogP) is 3.97. The third-order valence-electron chi connectivity index (χ3n) is 4.91. The monoisotopic (exact) mass is 411 g/mol. The largest absolute Gasteiger partial charge is 0.497 e. The number of imide groups is 1. The normalized spacial score (nSPS) is 18.8. The average molecular weight is 412 g/mol. The van der Waals surface area contributed by atoms with Gasteiger partial charge in [-0.05, 0) is 48.9 Å². The molecule has 29 heavy (non-hydrogen) atoms. The first-order valence-corrected chi connectivity index (χ1v) is 9.27. The first kappa shape index (κ1) is 19.0. The van der Waals surface area contributed by atoms with Gasteiger partial charge in [-0.3, -0.25) is 9.69 Å². The third kappa shape index (κ3) is 3.45. The van der Waals surface area contributed by atoms with Crippen molar-refractivity contribution in [3.8, 4) is 17.2 Å². The van der Waals surface area contributed by atoms with Crippen LogP contribution in [0.3, 0.4) is 0 Å². The Morgan fingerprint density at radius 3 is 2.48 bits per heavy atom. The zero-order valence-electron chi connectivity index (χ0n) is 15.8. The molecule has 4 rings (SSSR count). The minimum absolute atomic E-state index is 0.00744. The highest BCUT2D eigenvalue weighted by molar-refractivity contribution is 6.30. The van der Waals surface area contributed by atoms with E-state index >= 15 is 0 Å². The van der Waals surface area contributed by atoms with E-state index in [9.17, 15) is 9.59 Å². The molecule has 0 spiro atoms. The quantitative estimate of drug-likeness (QED) is 0.642. The molecule has 0 aliphatic carbocycles. The van der Waals surface area contributed by atoms with Gasteiger partial charge in [0, 0.05) is 10.6 Å². The van der Waals surface area contributed by atoms with E-state index in [0.717, 1.165) is 16.2 Å². The average Bonchev–Trinajstić information content (AvgIpc) is 3.28. The fourth-order valence-electron chi connectivity index (χ4n) is 3.23. The molecule has 2 heterocycles. The van der Waals surface area contributed by atoms with Gasteiger partial charge in [0.05, 0.1) is 19.3 Å². The van der Waals surface area contributed by atoms with Crippen molar-refractivity contribution in [3.05, 3.63) is 71.1 Å². The number of oxazole rings is 1. The predicted molar refractivity (Wildman–Crippen MR) is 106 cm³/mol. The molecule has 1 fully saturated rings. The van der Waals surface area contributed by atoms with E-state index in [0.29, 0.717) is 22.2 Å². The molecule has 2 aromatic carbocycles. The van der Waals surface area contributed by atoms with Gasteiger partial charge >= 0.3 is 6.03 Å². The van der Waals surface area contributed by atoms with Gasteiger partial charge in [0.25, 0.3) is 5.91 Å². The minimum Gasteiger partial charge on any atom is -0.497 e. The molecule has 0 bridgehead atoms. The SMILES string of the molecule is COc1ccc(-c2nc(CN3C(=O)NC(C)(c4ccc(Cl)cc4)C3=O)co2)cc1. The Balaban J connectivity index is 1.54. The number of urea groups is 1. The summed E-state index contributed by atoms with van der Waals surface area (Å²) in [6.45, 7) is 1.68. The van der Waals surface area contributed by atoms with Crippen LogP contribution < -0.4 is 10.1 Å². The zero-order valence-corrected chi connectivity index (χ0v) is 16.6. The number of hydrogen-bond acceptors (Lipinski definition) is 5. The summed E-state index contributed by atoms with van der Waals surface area (Å²) >= 11 is 5.93. The van der Waals surface area contributed by atoms with E-state index < -0.39 is 11.6 Å². The van der Waals surface area contributed by atoms with Gasteiger partial charge < -0.3 is 14.5 Å². The van der Waals surface area contributed by atoms with Crippen LogP contribution in [0.25, 0.3) is 11.5 Å². The molecule has 1 aromatic heterocycles. The van der Waals surface area contributed by atoms with Crippen molar-refractivity contribution in [1.82, 2.24) is 15.2 Å². The Hall–Kier alpha value is -3.32. The molecule has 8 heteroatoms. The van der Waals surface area contributed by atoms with Gasteiger partial charge in [-0.1, -0.05) is 23.7 Å². The van der Waals surface area contributed by atoms with Crippen LogP contribution in [0.5, 0.6) is 5.75 Å². The molecule has 1 saturated heterocycles. The summed E-state index contributed by atoms with van der Waals surface area (Å²) in [4.78, 5) is 31.0. The number of carbonyl (C=O) groups excluding carboxylic acids is 2. The number of nitrogens with one attached hydrogen (secondary N) is 1. The summed E-state index contributed by atoms with van der Waals surface area (Å²) in [7, 11) is 1.59. The summed E-state index contributed by atoms with van der Waals surface area (Å²) < 4.78 is 10.7. The molecule has 1 N–H and O–H groups in total. The number of benzene rings is 2. The molecular weight excluding hydrogens is 394 g/mol. The van der Waals surface area contributed by atoms with Crippen LogP contribution in [-0.4, -0.2) is 28.9 Å². The van der Waals surface area contributed by atoms with Crippen molar-refractivity contribution in [2.24, 2.45) is 0 Å². The third-order valence-corrected chi connectivity index (χ3v) is 5.16. The number of nitrogens with zero attached hydrogens (tertiary/aromatic N) is 2. The number of ether oxygens (including phenoxy) is 1. The van der Waals surface area contributed by atoms with Crippen LogP contribution in [0.4, 0.5) is 4.79 Å². The Morgan fingerprint density at radius 2 is 1.83 bits per heavy atom. The van der Waals surface area contributed by atoms with Crippen molar-refractivity contribution >= 4 is 23.5 Å². The van der Waals surface area contributed by atoms with E-state index in [1.54, 1.807) is 50.4 Å². The lowest BCUT2D eigenvalue weighted by Crippen LogP contribution is -2.40. The van der Waals surface area contributed by atoms with Gasteiger partial charge in [0.2, 0.25) is 5.89 Å². The van der Waals surface area contributed by atoms with E-state index in [-0.39, 0.29) is 12.5 Å². The topological polar surface area (TPSA) is 84.7 Å². The lowest BCUT2D eigenvalue weighted by atomic mass is 9.92. The van der Waals surface area contributed by atoms with Crippen molar-refractivity contribution in [2.45, 2.75) is 19.0 Å². The lowest BCUT2D eigenvalue weighted by molar-refractivity contribution is -0.131. The Bertz CT molecular complexity index is 1060. The standard InChI is InChI=1S/C21H18ClN3O4/c1-21(14-5-7-15(22)8-6-14)19(26)25(20(27)24-21)11-16-12-29-18(23-16)13-3-9-17(28-2)10-4-13/h3-10,12H,11H2,1-2H3,(H,24,27). The highest BCUT2D eigenvalue weighted by Crippen LogP contribution is 2.31. The Morgan fingerprint density at radius 1 is 1.14 bits per heavy atom. The van der Waals surface area contributed by atoms with Crippen LogP contribution in [0.1, 0.15) is 18.2 Å². The zero-order chi connectivity index (χ0) is 20.6. The number of aromatic nitrogens is 1. The number of methoxy groups -OCH3 is 1. The summed E-state index contributed by atoms with van der Waals surface area (Å²) in [5, 5.41) is 3.31. The number of amides is 3. The molecule has 1 aliphatic heterocycles. The molecule has 1 atom stereocenters. The molecular formula is C21H18ClN3O4. The summed E-state index contributed by atoms with van der Waals surface area (Å²) in [6.07, 6.45) is 1.44. The van der Waals surface area contributed by atoms with E-state index in [1.807, 2.05) is 12.1 Å². The van der Waals surface area contributed by atoms with Gasteiger partial charge in [-0.15, -0.1) is 0 Å². The molecule has 0 saturated carbocycles. The van der Waals surface area contributed by atoms with Gasteiger partial charge in [0.15, 0.2) is 0 Å². The van der Waals surface area contributed by atoms with Crippen LogP contribution in [0.2, 0.25) is 5.02 Å². The summed E-state index contributed by atoms with van der Waals surface area (Å²) in [6, 6.07) is 13.6. The van der Waals surface area contributed by atoms with E-state index in [2.05, 4.69) is 10.3 Å². The maximum atomic E-state index is 13.0. The van der Waals surface area contributed by atoms with Gasteiger partial charge in [-0.2, -0.15) is 0 Å². The molecule has 0 radical (unpaired) electrons. The molecule has 1 aliphatic rings. The smallest absolute Gasteiger partial charge is 0.325 e. The van der Waals surface area contributed by atoms with Crippen molar-refractivity contribution < 1.29 is 18.7 Å². The van der Waals surface area contributed by atoms with Gasteiger partial charge in [0.1, 0.15) is 17.6 Å². The Kier molecular flexibility index (Phi) is 4.76. The first-order chi connectivity index (χ1) is 13.9. The molecule has 7 nitrogen and oxygen atoms in total. The lowest BCUT2D eigenvalue weighted by Gasteiger charge is -2.22. The maximum Gasteiger partial charge on any atom is 0.325 e. The molecule has 148 valence electrons. The first-order valence-electron chi connectivity index (χ1n) is 8.90. The summed E-state index contributed by atoms with van der Waals surface area (Å²) in [5.74, 6) is 0.760. The minimum atomic E-state index is -1.16. The fraction of sp³-hybridized carbons (Fsp3) is 0.190.